The van der Waals surface area contributed by atoms with E-state index in [2.05, 4.69) is 9.88 Å². The van der Waals surface area contributed by atoms with Gasteiger partial charge in [-0.25, -0.2) is 0 Å². The summed E-state index contributed by atoms with van der Waals surface area (Å²) in [6.45, 7) is 2.32. The fourth-order valence-corrected chi connectivity index (χ4v) is 3.70. The van der Waals surface area contributed by atoms with E-state index in [4.69, 9.17) is 0 Å². The number of aromatic nitrogens is 2. The largest absolute Gasteiger partial charge is 0.421 e. The predicted molar refractivity (Wildman–Crippen MR) is 109 cm³/mol. The molecule has 0 spiro atoms. The van der Waals surface area contributed by atoms with E-state index in [1.165, 1.54) is 0 Å². The molecular formula is C22H18F3N3O2. The number of nitrogens with one attached hydrogen (secondary N) is 1. The van der Waals surface area contributed by atoms with Crippen LogP contribution >= 0.6 is 0 Å². The summed E-state index contributed by atoms with van der Waals surface area (Å²) in [6, 6.07) is 15.2. The third-order valence-corrected chi connectivity index (χ3v) is 5.01. The van der Waals surface area contributed by atoms with E-state index >= 15 is 0 Å². The van der Waals surface area contributed by atoms with E-state index in [1.54, 1.807) is 6.07 Å². The predicted octanol–water partition coefficient (Wildman–Crippen LogP) is 4.63. The maximum atomic E-state index is 12.9. The lowest BCUT2D eigenvalue weighted by Crippen LogP contribution is -2.31. The topological polar surface area (TPSA) is 56.0 Å². The molecular weight excluding hydrogens is 395 g/mol. The van der Waals surface area contributed by atoms with Crippen molar-refractivity contribution in [3.8, 4) is 0 Å². The minimum absolute atomic E-state index is 0.506. The van der Waals surface area contributed by atoms with Gasteiger partial charge in [0, 0.05) is 40.2 Å². The number of carbonyl (C=O) groups is 1. The van der Waals surface area contributed by atoms with Gasteiger partial charge in [-0.1, -0.05) is 18.2 Å². The van der Waals surface area contributed by atoms with Gasteiger partial charge in [0.2, 0.25) is 5.91 Å². The lowest BCUT2D eigenvalue weighted by molar-refractivity contribution is -0.139. The molecule has 154 valence electrons. The Bertz CT molecular complexity index is 1320. The molecule has 0 aliphatic carbocycles. The number of amides is 1. The molecule has 1 amide bonds. The van der Waals surface area contributed by atoms with Crippen molar-refractivity contribution in [3.05, 3.63) is 76.7 Å². The standard InChI is InChI=1S/C22H18F3N3O2/c1-2-28-18-8-4-3-6-15(18)16-12-14(9-10-19(16)28)26-20(29)13-27-11-5-7-17(21(27)30)22(23,24)25/h3-12H,2,13H2,1H3,(H,26,29). The van der Waals surface area contributed by atoms with Crippen LogP contribution in [0.15, 0.2) is 65.6 Å². The Morgan fingerprint density at radius 1 is 1.00 bits per heavy atom. The number of hydrogen-bond donors (Lipinski definition) is 1. The Balaban J connectivity index is 1.63. The first-order valence-electron chi connectivity index (χ1n) is 9.37. The number of para-hydroxylation sites is 1. The molecule has 2 heterocycles. The zero-order chi connectivity index (χ0) is 21.5. The van der Waals surface area contributed by atoms with Gasteiger partial charge in [-0.15, -0.1) is 0 Å². The number of halogens is 3. The lowest BCUT2D eigenvalue weighted by Gasteiger charge is -2.11. The minimum atomic E-state index is -4.77. The molecule has 0 saturated carbocycles. The van der Waals surface area contributed by atoms with Gasteiger partial charge in [-0.3, -0.25) is 9.59 Å². The number of aryl methyl sites for hydroxylation is 1. The number of rotatable bonds is 4. The Hall–Kier alpha value is -3.55. The second-order valence-electron chi connectivity index (χ2n) is 6.89. The molecule has 0 saturated heterocycles. The maximum absolute atomic E-state index is 12.9. The average Bonchev–Trinajstić information content (AvgIpc) is 3.02. The van der Waals surface area contributed by atoms with Gasteiger partial charge in [-0.05, 0) is 43.3 Å². The second-order valence-corrected chi connectivity index (χ2v) is 6.89. The molecule has 0 atom stereocenters. The highest BCUT2D eigenvalue weighted by Gasteiger charge is 2.34. The number of alkyl halides is 3. The van der Waals surface area contributed by atoms with Gasteiger partial charge in [0.1, 0.15) is 12.1 Å². The number of benzene rings is 2. The number of nitrogens with zero attached hydrogens (tertiary/aromatic N) is 2. The SMILES string of the molecule is CCn1c2ccccc2c2cc(NC(=O)Cn3cccc(C(F)(F)F)c3=O)ccc21. The fraction of sp³-hybridized carbons (Fsp3) is 0.182. The molecule has 0 radical (unpaired) electrons. The molecule has 2 aromatic carbocycles. The van der Waals surface area contributed by atoms with Gasteiger partial charge in [-0.2, -0.15) is 13.2 Å². The van der Waals surface area contributed by atoms with Crippen LogP contribution in [0, 0.1) is 0 Å². The summed E-state index contributed by atoms with van der Waals surface area (Å²) in [5.41, 5.74) is 0.0551. The monoisotopic (exact) mass is 413 g/mol. The van der Waals surface area contributed by atoms with Crippen molar-refractivity contribution in [2.24, 2.45) is 0 Å². The maximum Gasteiger partial charge on any atom is 0.421 e. The molecule has 4 aromatic rings. The second kappa shape index (κ2) is 7.37. The number of anilines is 1. The van der Waals surface area contributed by atoms with Crippen LogP contribution in [0.3, 0.4) is 0 Å². The summed E-state index contributed by atoms with van der Waals surface area (Å²) < 4.78 is 41.6. The van der Waals surface area contributed by atoms with Crippen molar-refractivity contribution < 1.29 is 18.0 Å². The van der Waals surface area contributed by atoms with Gasteiger partial charge >= 0.3 is 6.18 Å². The molecule has 30 heavy (non-hydrogen) atoms. The first-order valence-corrected chi connectivity index (χ1v) is 9.37. The van der Waals surface area contributed by atoms with E-state index in [9.17, 15) is 22.8 Å². The Morgan fingerprint density at radius 2 is 1.73 bits per heavy atom. The highest BCUT2D eigenvalue weighted by Crippen LogP contribution is 2.31. The van der Waals surface area contributed by atoms with Crippen molar-refractivity contribution in [2.75, 3.05) is 5.32 Å². The number of fused-ring (bicyclic) bond motifs is 3. The van der Waals surface area contributed by atoms with Crippen molar-refractivity contribution >= 4 is 33.4 Å². The van der Waals surface area contributed by atoms with Crippen LogP contribution < -0.4 is 10.9 Å². The summed E-state index contributed by atoms with van der Waals surface area (Å²) in [5.74, 6) is -0.588. The summed E-state index contributed by atoms with van der Waals surface area (Å²) in [5, 5.41) is 4.67. The van der Waals surface area contributed by atoms with Crippen molar-refractivity contribution in [2.45, 2.75) is 26.2 Å². The Morgan fingerprint density at radius 3 is 2.47 bits per heavy atom. The number of pyridine rings is 1. The third-order valence-electron chi connectivity index (χ3n) is 5.01. The fourth-order valence-electron chi connectivity index (χ4n) is 3.70. The molecule has 5 nitrogen and oxygen atoms in total. The quantitative estimate of drug-likeness (QED) is 0.530. The van der Waals surface area contributed by atoms with Gasteiger partial charge in [0.15, 0.2) is 0 Å². The lowest BCUT2D eigenvalue weighted by atomic mass is 10.1. The molecule has 1 N–H and O–H groups in total. The van der Waals surface area contributed by atoms with E-state index in [0.717, 1.165) is 45.2 Å². The van der Waals surface area contributed by atoms with Crippen LogP contribution in [-0.4, -0.2) is 15.0 Å². The third kappa shape index (κ3) is 3.45. The van der Waals surface area contributed by atoms with Crippen molar-refractivity contribution in [1.29, 1.82) is 0 Å². The van der Waals surface area contributed by atoms with Crippen LogP contribution in [-0.2, 0) is 24.1 Å². The highest BCUT2D eigenvalue weighted by atomic mass is 19.4. The Kier molecular flexibility index (Phi) is 4.85. The zero-order valence-electron chi connectivity index (χ0n) is 16.0. The van der Waals surface area contributed by atoms with Crippen molar-refractivity contribution in [1.82, 2.24) is 9.13 Å². The smallest absolute Gasteiger partial charge is 0.341 e. The van der Waals surface area contributed by atoms with Crippen LogP contribution in [0.2, 0.25) is 0 Å². The molecule has 0 bridgehead atoms. The average molecular weight is 413 g/mol. The van der Waals surface area contributed by atoms with Crippen LogP contribution in [0.5, 0.6) is 0 Å². The molecule has 0 fully saturated rings. The molecule has 0 unspecified atom stereocenters. The normalized spacial score (nSPS) is 11.9. The summed E-state index contributed by atoms with van der Waals surface area (Å²) >= 11 is 0. The summed E-state index contributed by atoms with van der Waals surface area (Å²) in [4.78, 5) is 24.4. The van der Waals surface area contributed by atoms with Gasteiger partial charge in [0.25, 0.3) is 5.56 Å². The number of carbonyl (C=O) groups excluding carboxylic acids is 1. The van der Waals surface area contributed by atoms with Gasteiger partial charge in [0.05, 0.1) is 0 Å². The van der Waals surface area contributed by atoms with E-state index < -0.39 is 29.8 Å². The van der Waals surface area contributed by atoms with E-state index in [0.29, 0.717) is 11.8 Å². The molecule has 8 heteroatoms. The zero-order valence-corrected chi connectivity index (χ0v) is 16.0. The first kappa shape index (κ1) is 19.8. The number of hydrogen-bond acceptors (Lipinski definition) is 2. The van der Waals surface area contributed by atoms with Crippen molar-refractivity contribution in [3.63, 3.8) is 0 Å². The van der Waals surface area contributed by atoms with E-state index in [1.807, 2.05) is 43.3 Å². The summed E-state index contributed by atoms with van der Waals surface area (Å²) in [6.07, 6.45) is -3.61. The molecule has 0 aliphatic rings. The Labute approximate surface area is 169 Å². The molecule has 2 aromatic heterocycles. The first-order chi connectivity index (χ1) is 14.3. The summed E-state index contributed by atoms with van der Waals surface area (Å²) in [7, 11) is 0. The molecule has 0 aliphatic heterocycles. The minimum Gasteiger partial charge on any atom is -0.341 e. The van der Waals surface area contributed by atoms with Crippen LogP contribution in [0.4, 0.5) is 18.9 Å². The highest BCUT2D eigenvalue weighted by molar-refractivity contribution is 6.09. The van der Waals surface area contributed by atoms with E-state index in [-0.39, 0.29) is 0 Å². The van der Waals surface area contributed by atoms with Crippen LogP contribution in [0.1, 0.15) is 12.5 Å². The van der Waals surface area contributed by atoms with Gasteiger partial charge < -0.3 is 14.5 Å². The molecule has 4 rings (SSSR count). The van der Waals surface area contributed by atoms with Crippen LogP contribution in [0.25, 0.3) is 21.8 Å².